The van der Waals surface area contributed by atoms with Crippen molar-refractivity contribution in [3.8, 4) is 5.75 Å². The van der Waals surface area contributed by atoms with E-state index in [2.05, 4.69) is 15.6 Å². The number of rotatable bonds is 10. The number of anilines is 2. The van der Waals surface area contributed by atoms with E-state index in [1.807, 2.05) is 41.3 Å². The van der Waals surface area contributed by atoms with Crippen molar-refractivity contribution in [2.24, 2.45) is 5.92 Å². The molecule has 4 aliphatic rings. The highest BCUT2D eigenvalue weighted by molar-refractivity contribution is 6.04. The molecule has 2 saturated carbocycles. The Balaban J connectivity index is 1.20. The maximum Gasteiger partial charge on any atom is 0.270 e. The highest BCUT2D eigenvalue weighted by atomic mass is 16.5. The summed E-state index contributed by atoms with van der Waals surface area (Å²) in [6.45, 7) is 5.80. The van der Waals surface area contributed by atoms with Gasteiger partial charge in [-0.2, -0.15) is 0 Å². The van der Waals surface area contributed by atoms with Gasteiger partial charge < -0.3 is 29.9 Å². The first-order valence-electron chi connectivity index (χ1n) is 16.1. The summed E-state index contributed by atoms with van der Waals surface area (Å²) in [5.41, 5.74) is 0.708. The molecule has 1 saturated heterocycles. The Morgan fingerprint density at radius 3 is 2.66 bits per heavy atom. The maximum atomic E-state index is 14.2. The Labute approximate surface area is 259 Å². The summed E-state index contributed by atoms with van der Waals surface area (Å²) in [5.74, 6) is 0.310. The summed E-state index contributed by atoms with van der Waals surface area (Å²) >= 11 is 0. The van der Waals surface area contributed by atoms with Crippen LogP contribution >= 0.6 is 0 Å². The minimum Gasteiger partial charge on any atom is -0.476 e. The van der Waals surface area contributed by atoms with Gasteiger partial charge in [0.2, 0.25) is 11.8 Å². The van der Waals surface area contributed by atoms with Crippen LogP contribution in [0.1, 0.15) is 70.9 Å². The SMILES string of the molecule is COCCCN1C(=O)C(C)(C)Oc2ccc(N(C(=O)[C@H]3CNC[C@@H](NC(=O)C4(c5ccccn5)CCCC4)C3)C3CC3)cc21. The van der Waals surface area contributed by atoms with Gasteiger partial charge in [0, 0.05) is 57.3 Å². The van der Waals surface area contributed by atoms with E-state index in [0.29, 0.717) is 50.5 Å². The molecule has 2 atom stereocenters. The van der Waals surface area contributed by atoms with E-state index in [9.17, 15) is 14.4 Å². The number of fused-ring (bicyclic) bond motifs is 1. The van der Waals surface area contributed by atoms with Crippen molar-refractivity contribution in [2.75, 3.05) is 43.2 Å². The van der Waals surface area contributed by atoms with Gasteiger partial charge in [0.15, 0.2) is 5.60 Å². The van der Waals surface area contributed by atoms with Crippen LogP contribution in [0, 0.1) is 5.92 Å². The molecule has 2 aliphatic carbocycles. The van der Waals surface area contributed by atoms with E-state index < -0.39 is 11.0 Å². The van der Waals surface area contributed by atoms with Gasteiger partial charge >= 0.3 is 0 Å². The number of pyridine rings is 1. The van der Waals surface area contributed by atoms with E-state index >= 15 is 0 Å². The fraction of sp³-hybridized carbons (Fsp3) is 0.588. The zero-order valence-electron chi connectivity index (χ0n) is 26.1. The lowest BCUT2D eigenvalue weighted by Crippen LogP contribution is -2.56. The second-order valence-electron chi connectivity index (χ2n) is 13.3. The molecule has 236 valence electrons. The highest BCUT2D eigenvalue weighted by Crippen LogP contribution is 2.43. The number of hydrogen-bond acceptors (Lipinski definition) is 7. The smallest absolute Gasteiger partial charge is 0.270 e. The third-order valence-corrected chi connectivity index (χ3v) is 9.60. The number of aromatic nitrogens is 1. The van der Waals surface area contributed by atoms with Crippen molar-refractivity contribution < 1.29 is 23.9 Å². The average Bonchev–Trinajstić information content (AvgIpc) is 3.73. The largest absolute Gasteiger partial charge is 0.476 e. The molecule has 2 aliphatic heterocycles. The lowest BCUT2D eigenvalue weighted by Gasteiger charge is -2.40. The third-order valence-electron chi connectivity index (χ3n) is 9.60. The topological polar surface area (TPSA) is 113 Å². The Morgan fingerprint density at radius 1 is 1.16 bits per heavy atom. The summed E-state index contributed by atoms with van der Waals surface area (Å²) in [4.78, 5) is 49.6. The van der Waals surface area contributed by atoms with Gasteiger partial charge in [-0.25, -0.2) is 0 Å². The first kappa shape index (κ1) is 30.5. The van der Waals surface area contributed by atoms with Gasteiger partial charge in [-0.05, 0) is 82.7 Å². The standard InChI is InChI=1S/C34H45N5O5/c1-33(2)32(42)38(17-8-18-43-3)27-20-26(12-13-28(27)44-33)39(25-10-11-25)30(40)23-19-24(22-35-21-23)37-31(41)34(14-5-6-15-34)29-9-4-7-16-36-29/h4,7,9,12-13,16,20,23-25,35H,5-6,8,10-11,14-15,17-19,21-22H2,1-3H3,(H,37,41)/t23-,24+/m1/s1. The van der Waals surface area contributed by atoms with Gasteiger partial charge in [0.05, 0.1) is 22.7 Å². The molecule has 0 spiro atoms. The van der Waals surface area contributed by atoms with Crippen LogP contribution in [0.3, 0.4) is 0 Å². The van der Waals surface area contributed by atoms with Crippen LogP contribution in [0.15, 0.2) is 42.6 Å². The van der Waals surface area contributed by atoms with E-state index in [0.717, 1.165) is 49.9 Å². The van der Waals surface area contributed by atoms with Crippen LogP contribution in [0.2, 0.25) is 0 Å². The molecule has 44 heavy (non-hydrogen) atoms. The predicted molar refractivity (Wildman–Crippen MR) is 168 cm³/mol. The second-order valence-corrected chi connectivity index (χ2v) is 13.3. The molecule has 0 unspecified atom stereocenters. The minimum atomic E-state index is -0.978. The first-order valence-corrected chi connectivity index (χ1v) is 16.1. The zero-order chi connectivity index (χ0) is 30.9. The molecular weight excluding hydrogens is 558 g/mol. The van der Waals surface area contributed by atoms with Crippen molar-refractivity contribution in [1.29, 1.82) is 0 Å². The van der Waals surface area contributed by atoms with Crippen LogP contribution in [-0.4, -0.2) is 73.7 Å². The first-order chi connectivity index (χ1) is 21.2. The molecule has 0 bridgehead atoms. The lowest BCUT2D eigenvalue weighted by molar-refractivity contribution is -0.132. The van der Waals surface area contributed by atoms with Gasteiger partial charge in [-0.15, -0.1) is 0 Å². The van der Waals surface area contributed by atoms with E-state index in [-0.39, 0.29) is 35.7 Å². The number of carbonyl (C=O) groups excluding carboxylic acids is 3. The number of carbonyl (C=O) groups is 3. The molecule has 2 N–H and O–H groups in total. The predicted octanol–water partition coefficient (Wildman–Crippen LogP) is 3.72. The van der Waals surface area contributed by atoms with Crippen LogP contribution < -0.4 is 25.2 Å². The van der Waals surface area contributed by atoms with Crippen LogP contribution in [0.5, 0.6) is 5.75 Å². The average molecular weight is 604 g/mol. The Hall–Kier alpha value is -3.50. The molecule has 10 heteroatoms. The molecule has 3 heterocycles. The van der Waals surface area contributed by atoms with Crippen molar-refractivity contribution in [3.63, 3.8) is 0 Å². The van der Waals surface area contributed by atoms with E-state index in [1.54, 1.807) is 32.1 Å². The summed E-state index contributed by atoms with van der Waals surface area (Å²) in [7, 11) is 1.65. The van der Waals surface area contributed by atoms with Crippen LogP contribution in [0.4, 0.5) is 11.4 Å². The minimum absolute atomic E-state index is 0.0171. The van der Waals surface area contributed by atoms with Crippen molar-refractivity contribution in [3.05, 3.63) is 48.3 Å². The molecule has 10 nitrogen and oxygen atoms in total. The van der Waals surface area contributed by atoms with Crippen molar-refractivity contribution >= 4 is 29.1 Å². The van der Waals surface area contributed by atoms with Crippen LogP contribution in [0.25, 0.3) is 0 Å². The van der Waals surface area contributed by atoms with Gasteiger partial charge in [0.25, 0.3) is 5.91 Å². The summed E-state index contributed by atoms with van der Waals surface area (Å²) in [6.07, 6.45) is 8.49. The van der Waals surface area contributed by atoms with Gasteiger partial charge in [-0.1, -0.05) is 18.9 Å². The highest BCUT2D eigenvalue weighted by Gasteiger charge is 2.46. The Kier molecular flexibility index (Phi) is 8.66. The monoisotopic (exact) mass is 603 g/mol. The maximum absolute atomic E-state index is 14.2. The van der Waals surface area contributed by atoms with Crippen molar-refractivity contribution in [2.45, 2.75) is 88.3 Å². The number of nitrogens with zero attached hydrogens (tertiary/aromatic N) is 3. The second kappa shape index (κ2) is 12.5. The van der Waals surface area contributed by atoms with E-state index in [1.165, 1.54) is 0 Å². The molecule has 3 fully saturated rings. The third kappa shape index (κ3) is 5.94. The summed E-state index contributed by atoms with van der Waals surface area (Å²) in [6, 6.07) is 11.5. The fourth-order valence-corrected chi connectivity index (χ4v) is 7.13. The molecule has 1 aromatic carbocycles. The Morgan fingerprint density at radius 2 is 1.95 bits per heavy atom. The molecule has 2 aromatic rings. The molecular formula is C34H45N5O5. The normalized spacial score (nSPS) is 23.9. The van der Waals surface area contributed by atoms with Crippen LogP contribution in [-0.2, 0) is 24.5 Å². The van der Waals surface area contributed by atoms with E-state index in [4.69, 9.17) is 9.47 Å². The summed E-state index contributed by atoms with van der Waals surface area (Å²) in [5, 5.41) is 6.73. The molecule has 6 rings (SSSR count). The zero-order valence-corrected chi connectivity index (χ0v) is 26.1. The number of hydrogen-bond donors (Lipinski definition) is 2. The van der Waals surface area contributed by atoms with Gasteiger partial charge in [-0.3, -0.25) is 19.4 Å². The lowest BCUT2D eigenvalue weighted by atomic mass is 9.80. The molecule has 3 amide bonds. The number of amides is 3. The molecule has 1 aromatic heterocycles. The fourth-order valence-electron chi connectivity index (χ4n) is 7.13. The van der Waals surface area contributed by atoms with Crippen molar-refractivity contribution in [1.82, 2.24) is 15.6 Å². The number of benzene rings is 1. The number of ether oxygens (including phenoxy) is 2. The Bertz CT molecular complexity index is 1370. The quantitative estimate of drug-likeness (QED) is 0.398. The number of piperidine rings is 1. The summed E-state index contributed by atoms with van der Waals surface area (Å²) < 4.78 is 11.3. The number of methoxy groups -OCH3 is 1. The van der Waals surface area contributed by atoms with Gasteiger partial charge in [0.1, 0.15) is 5.75 Å². The molecule has 0 radical (unpaired) electrons. The number of nitrogens with one attached hydrogen (secondary N) is 2.